The van der Waals surface area contributed by atoms with E-state index in [1.165, 1.54) is 83.6 Å². The van der Waals surface area contributed by atoms with Crippen LogP contribution in [0.3, 0.4) is 0 Å². The van der Waals surface area contributed by atoms with E-state index in [9.17, 15) is 0 Å². The van der Waals surface area contributed by atoms with Crippen molar-refractivity contribution in [1.29, 1.82) is 0 Å². The molecule has 0 unspecified atom stereocenters. The molecule has 9 aromatic rings. The van der Waals surface area contributed by atoms with Gasteiger partial charge in [-0.1, -0.05) is 209 Å². The molecule has 2 aliphatic rings. The van der Waals surface area contributed by atoms with Gasteiger partial charge >= 0.3 is 0 Å². The van der Waals surface area contributed by atoms with E-state index in [0.29, 0.717) is 0 Å². The fraction of sp³-hybridized carbons (Fsp3) is 0.206. The SMILES string of the molecule is CC(C)(C)c1ccc(N(c2ccc(-c3ccccc3)cc2)c2ccc3c(c2)C(C)(C)c2cc(N(c4ccc(-c5ccccc5)cc4)c4ccc(C(C)(C)C)cc4)c4c(c2-3)-c2ccccc2C4(C)C)cc1. The lowest BCUT2D eigenvalue weighted by molar-refractivity contribution is 0.590. The number of anilines is 6. The van der Waals surface area contributed by atoms with Crippen molar-refractivity contribution < 1.29 is 0 Å². The number of fused-ring (bicyclic) bond motifs is 7. The molecular formula is C68H64N2. The van der Waals surface area contributed by atoms with Crippen LogP contribution in [0.4, 0.5) is 34.1 Å². The predicted molar refractivity (Wildman–Crippen MR) is 299 cm³/mol. The molecule has 346 valence electrons. The number of hydrogen-bond donors (Lipinski definition) is 0. The van der Waals surface area contributed by atoms with Gasteiger partial charge in [0.05, 0.1) is 5.69 Å². The van der Waals surface area contributed by atoms with Crippen molar-refractivity contribution in [3.63, 3.8) is 0 Å². The molecule has 2 nitrogen and oxygen atoms in total. The van der Waals surface area contributed by atoms with Gasteiger partial charge in [0.1, 0.15) is 0 Å². The monoisotopic (exact) mass is 909 g/mol. The first-order chi connectivity index (χ1) is 33.5. The molecule has 0 saturated carbocycles. The Morgan fingerprint density at radius 3 is 1.20 bits per heavy atom. The van der Waals surface area contributed by atoms with E-state index in [2.05, 4.69) is 285 Å². The van der Waals surface area contributed by atoms with Crippen LogP contribution in [0.5, 0.6) is 0 Å². The van der Waals surface area contributed by atoms with Gasteiger partial charge in [0.2, 0.25) is 0 Å². The van der Waals surface area contributed by atoms with Crippen molar-refractivity contribution in [2.45, 2.75) is 90.9 Å². The maximum Gasteiger partial charge on any atom is 0.0512 e. The highest BCUT2D eigenvalue weighted by Gasteiger charge is 2.46. The molecule has 0 N–H and O–H groups in total. The Kier molecular flexibility index (Phi) is 10.7. The Hall–Kier alpha value is -7.42. The van der Waals surface area contributed by atoms with Gasteiger partial charge in [-0.15, -0.1) is 0 Å². The second-order valence-corrected chi connectivity index (χ2v) is 22.7. The second-order valence-electron chi connectivity index (χ2n) is 22.7. The van der Waals surface area contributed by atoms with E-state index in [0.717, 1.165) is 28.4 Å². The summed E-state index contributed by atoms with van der Waals surface area (Å²) < 4.78 is 0. The first-order valence-corrected chi connectivity index (χ1v) is 25.1. The Bertz CT molecular complexity index is 3380. The Balaban J connectivity index is 1.11. The lowest BCUT2D eigenvalue weighted by atomic mass is 9.77. The van der Waals surface area contributed by atoms with Crippen molar-refractivity contribution in [3.05, 3.63) is 240 Å². The molecule has 70 heavy (non-hydrogen) atoms. The minimum absolute atomic E-state index is 0.0326. The minimum atomic E-state index is -0.329. The van der Waals surface area contributed by atoms with Gasteiger partial charge < -0.3 is 9.80 Å². The summed E-state index contributed by atoms with van der Waals surface area (Å²) in [5.41, 5.74) is 24.7. The first-order valence-electron chi connectivity index (χ1n) is 25.1. The largest absolute Gasteiger partial charge is 0.310 e. The number of hydrogen-bond acceptors (Lipinski definition) is 2. The third-order valence-electron chi connectivity index (χ3n) is 15.4. The summed E-state index contributed by atoms with van der Waals surface area (Å²) in [6.07, 6.45) is 0. The van der Waals surface area contributed by atoms with Crippen molar-refractivity contribution in [2.75, 3.05) is 9.80 Å². The van der Waals surface area contributed by atoms with E-state index in [1.54, 1.807) is 0 Å². The van der Waals surface area contributed by atoms with E-state index < -0.39 is 0 Å². The van der Waals surface area contributed by atoms with Gasteiger partial charge in [-0.2, -0.15) is 0 Å². The van der Waals surface area contributed by atoms with Crippen LogP contribution in [0.15, 0.2) is 206 Å². The highest BCUT2D eigenvalue weighted by molar-refractivity contribution is 6.03. The van der Waals surface area contributed by atoms with E-state index >= 15 is 0 Å². The average molecular weight is 909 g/mol. The van der Waals surface area contributed by atoms with Gasteiger partial charge in [-0.25, -0.2) is 0 Å². The Morgan fingerprint density at radius 1 is 0.314 bits per heavy atom. The average Bonchev–Trinajstić information content (AvgIpc) is 3.74. The summed E-state index contributed by atoms with van der Waals surface area (Å²) in [5.74, 6) is 0. The lowest BCUT2D eigenvalue weighted by Gasteiger charge is -2.34. The summed E-state index contributed by atoms with van der Waals surface area (Å²) in [6.45, 7) is 23.5. The summed E-state index contributed by atoms with van der Waals surface area (Å²) >= 11 is 0. The van der Waals surface area contributed by atoms with E-state index in [1.807, 2.05) is 0 Å². The molecule has 0 amide bonds. The zero-order valence-electron chi connectivity index (χ0n) is 42.5. The minimum Gasteiger partial charge on any atom is -0.310 e. The van der Waals surface area contributed by atoms with Crippen LogP contribution in [0.25, 0.3) is 44.5 Å². The lowest BCUT2D eigenvalue weighted by Crippen LogP contribution is -2.22. The fourth-order valence-electron chi connectivity index (χ4n) is 11.4. The van der Waals surface area contributed by atoms with Gasteiger partial charge in [-0.3, -0.25) is 0 Å². The van der Waals surface area contributed by atoms with Crippen molar-refractivity contribution in [1.82, 2.24) is 0 Å². The zero-order valence-corrected chi connectivity index (χ0v) is 42.5. The van der Waals surface area contributed by atoms with Crippen LogP contribution in [0.1, 0.15) is 103 Å². The van der Waals surface area contributed by atoms with E-state index in [-0.39, 0.29) is 21.7 Å². The van der Waals surface area contributed by atoms with Gasteiger partial charge in [-0.05, 0) is 155 Å². The van der Waals surface area contributed by atoms with Crippen LogP contribution in [0.2, 0.25) is 0 Å². The van der Waals surface area contributed by atoms with Gasteiger partial charge in [0, 0.05) is 39.3 Å². The molecule has 0 aliphatic heterocycles. The molecule has 9 aromatic carbocycles. The molecule has 0 radical (unpaired) electrons. The first kappa shape index (κ1) is 45.0. The number of benzene rings is 9. The molecule has 2 heteroatoms. The quantitative estimate of drug-likeness (QED) is 0.150. The van der Waals surface area contributed by atoms with Crippen LogP contribution in [-0.4, -0.2) is 0 Å². The number of rotatable bonds is 8. The standard InChI is InChI=1S/C68H64N2/c1-65(2,3)49-29-37-52(38-30-49)69(51-33-25-47(26-34-51)45-19-13-11-14-20-45)55-41-42-57-59(43-55)67(7,8)60-44-61(64-63(62(57)60)56-23-17-18-24-58(56)68(64,9)10)70(54-39-31-50(32-40-54)66(4,5)6)53-35-27-48(28-36-53)46-21-15-12-16-22-46/h11-44H,1-10H3. The molecule has 0 spiro atoms. The smallest absolute Gasteiger partial charge is 0.0512 e. The van der Waals surface area contributed by atoms with Crippen molar-refractivity contribution in [3.8, 4) is 44.5 Å². The van der Waals surface area contributed by atoms with Crippen LogP contribution >= 0.6 is 0 Å². The van der Waals surface area contributed by atoms with Crippen molar-refractivity contribution >= 4 is 34.1 Å². The van der Waals surface area contributed by atoms with Crippen LogP contribution in [0, 0.1) is 0 Å². The maximum atomic E-state index is 2.57. The summed E-state index contributed by atoms with van der Waals surface area (Å²) in [6, 6.07) is 77.2. The third kappa shape index (κ3) is 7.57. The predicted octanol–water partition coefficient (Wildman–Crippen LogP) is 19.2. The van der Waals surface area contributed by atoms with Gasteiger partial charge in [0.15, 0.2) is 0 Å². The molecule has 2 aliphatic carbocycles. The Morgan fingerprint density at radius 2 is 0.714 bits per heavy atom. The molecule has 11 rings (SSSR count). The summed E-state index contributed by atoms with van der Waals surface area (Å²) in [5, 5.41) is 0. The molecule has 0 saturated heterocycles. The summed E-state index contributed by atoms with van der Waals surface area (Å²) in [7, 11) is 0. The molecule has 0 heterocycles. The normalized spacial score (nSPS) is 14.1. The van der Waals surface area contributed by atoms with Crippen LogP contribution < -0.4 is 9.80 Å². The number of nitrogens with zero attached hydrogens (tertiary/aromatic N) is 2. The summed E-state index contributed by atoms with van der Waals surface area (Å²) in [4.78, 5) is 4.98. The topological polar surface area (TPSA) is 6.48 Å². The Labute approximate surface area is 417 Å². The molecule has 0 aromatic heterocycles. The molecule has 0 bridgehead atoms. The zero-order chi connectivity index (χ0) is 48.7. The van der Waals surface area contributed by atoms with Gasteiger partial charge in [0.25, 0.3) is 0 Å². The van der Waals surface area contributed by atoms with Crippen LogP contribution in [-0.2, 0) is 21.7 Å². The highest BCUT2D eigenvalue weighted by Crippen LogP contribution is 2.63. The molecule has 0 fully saturated rings. The maximum absolute atomic E-state index is 2.57. The van der Waals surface area contributed by atoms with Crippen molar-refractivity contribution in [2.24, 2.45) is 0 Å². The third-order valence-corrected chi connectivity index (χ3v) is 15.4. The fourth-order valence-corrected chi connectivity index (χ4v) is 11.4. The molecular weight excluding hydrogens is 845 g/mol. The second kappa shape index (κ2) is 16.6. The van der Waals surface area contributed by atoms with E-state index in [4.69, 9.17) is 0 Å². The highest BCUT2D eigenvalue weighted by atomic mass is 15.2. The molecule has 0 atom stereocenters.